The monoisotopic (exact) mass is 364 g/mol. The first-order valence-corrected chi connectivity index (χ1v) is 8.60. The highest BCUT2D eigenvalue weighted by Crippen LogP contribution is 2.24. The van der Waals surface area contributed by atoms with Crippen LogP contribution < -0.4 is 20.5 Å². The van der Waals surface area contributed by atoms with Crippen molar-refractivity contribution in [3.63, 3.8) is 0 Å². The quantitative estimate of drug-likeness (QED) is 0.667. The highest BCUT2D eigenvalue weighted by Gasteiger charge is 2.21. The molecular formula is C19H20N6O2. The molecule has 3 N–H and O–H groups in total. The van der Waals surface area contributed by atoms with Crippen LogP contribution in [0.5, 0.6) is 11.5 Å². The Labute approximate surface area is 156 Å². The molecule has 8 heteroatoms. The Morgan fingerprint density at radius 2 is 1.89 bits per heavy atom. The molecule has 1 aliphatic heterocycles. The molecule has 0 bridgehead atoms. The zero-order valence-electron chi connectivity index (χ0n) is 15.2. The van der Waals surface area contributed by atoms with E-state index in [9.17, 15) is 0 Å². The summed E-state index contributed by atoms with van der Waals surface area (Å²) in [5.41, 5.74) is 8.12. The third kappa shape index (κ3) is 3.37. The van der Waals surface area contributed by atoms with E-state index in [2.05, 4.69) is 32.2 Å². The number of ether oxygens (including phenoxy) is 2. The van der Waals surface area contributed by atoms with Crippen LogP contribution >= 0.6 is 0 Å². The summed E-state index contributed by atoms with van der Waals surface area (Å²) in [6.45, 7) is 2.73. The van der Waals surface area contributed by atoms with Gasteiger partial charge in [-0.15, -0.1) is 0 Å². The molecule has 1 aliphatic rings. The number of rotatable bonds is 4. The van der Waals surface area contributed by atoms with Crippen molar-refractivity contribution in [2.45, 2.75) is 6.54 Å². The van der Waals surface area contributed by atoms with Crippen LogP contribution in [0.25, 0.3) is 11.0 Å². The highest BCUT2D eigenvalue weighted by molar-refractivity contribution is 5.90. The van der Waals surface area contributed by atoms with Crippen LogP contribution in [-0.4, -0.2) is 47.1 Å². The maximum absolute atomic E-state index is 6.08. The van der Waals surface area contributed by atoms with Crippen molar-refractivity contribution in [1.29, 1.82) is 0 Å². The first-order chi connectivity index (χ1) is 13.2. The maximum Gasteiger partial charge on any atom is 0.164 e. The van der Waals surface area contributed by atoms with E-state index in [4.69, 9.17) is 15.2 Å². The van der Waals surface area contributed by atoms with Gasteiger partial charge in [-0.1, -0.05) is 5.92 Å². The number of fused-ring (bicyclic) bond motifs is 1. The van der Waals surface area contributed by atoms with E-state index in [1.807, 2.05) is 16.8 Å². The molecule has 0 amide bonds. The molecule has 27 heavy (non-hydrogen) atoms. The van der Waals surface area contributed by atoms with Crippen molar-refractivity contribution in [1.82, 2.24) is 25.1 Å². The molecule has 138 valence electrons. The third-order valence-electron chi connectivity index (χ3n) is 4.53. The zero-order valence-corrected chi connectivity index (χ0v) is 15.2. The molecule has 0 spiro atoms. The van der Waals surface area contributed by atoms with Crippen molar-refractivity contribution in [2.24, 2.45) is 5.92 Å². The fourth-order valence-electron chi connectivity index (χ4n) is 2.98. The van der Waals surface area contributed by atoms with E-state index in [1.165, 1.54) is 6.33 Å². The van der Waals surface area contributed by atoms with Crippen molar-refractivity contribution in [3.05, 3.63) is 35.8 Å². The van der Waals surface area contributed by atoms with E-state index in [-0.39, 0.29) is 0 Å². The van der Waals surface area contributed by atoms with Crippen LogP contribution in [0.15, 0.2) is 24.5 Å². The van der Waals surface area contributed by atoms with Gasteiger partial charge < -0.3 is 20.5 Å². The van der Waals surface area contributed by atoms with E-state index in [1.54, 1.807) is 20.3 Å². The van der Waals surface area contributed by atoms with Gasteiger partial charge in [-0.3, -0.25) is 0 Å². The number of nitrogens with two attached hydrogens (primary N) is 1. The lowest BCUT2D eigenvalue weighted by molar-refractivity contribution is 0.298. The Kier molecular flexibility index (Phi) is 4.52. The van der Waals surface area contributed by atoms with Crippen LogP contribution in [0.4, 0.5) is 5.82 Å². The van der Waals surface area contributed by atoms with Crippen LogP contribution in [0.3, 0.4) is 0 Å². The number of nitrogen functional groups attached to an aromatic ring is 1. The summed E-state index contributed by atoms with van der Waals surface area (Å²) >= 11 is 0. The second-order valence-corrected chi connectivity index (χ2v) is 6.36. The summed E-state index contributed by atoms with van der Waals surface area (Å²) in [4.78, 5) is 8.46. The Morgan fingerprint density at radius 1 is 1.15 bits per heavy atom. The predicted octanol–water partition coefficient (Wildman–Crippen LogP) is 1.04. The lowest BCUT2D eigenvalue weighted by Gasteiger charge is -2.26. The molecule has 3 aromatic rings. The summed E-state index contributed by atoms with van der Waals surface area (Å²) in [6, 6.07) is 5.48. The standard InChI is InChI=1S/C19H20N6O2/c1-26-14-5-12(6-15(7-14)27-2)3-4-16-17-18(20)22-11-23-19(17)25(24-16)10-13-8-21-9-13/h5-7,11,13,21H,8-10H2,1-2H3,(H2,20,22,23). The summed E-state index contributed by atoms with van der Waals surface area (Å²) in [5, 5.41) is 8.60. The minimum Gasteiger partial charge on any atom is -0.497 e. The second-order valence-electron chi connectivity index (χ2n) is 6.36. The maximum atomic E-state index is 6.08. The predicted molar refractivity (Wildman–Crippen MR) is 102 cm³/mol. The largest absolute Gasteiger partial charge is 0.497 e. The van der Waals surface area contributed by atoms with E-state index < -0.39 is 0 Å². The van der Waals surface area contributed by atoms with Crippen molar-refractivity contribution in [2.75, 3.05) is 33.0 Å². The van der Waals surface area contributed by atoms with E-state index >= 15 is 0 Å². The van der Waals surface area contributed by atoms with Crippen LogP contribution in [0.1, 0.15) is 11.3 Å². The van der Waals surface area contributed by atoms with Gasteiger partial charge in [-0.25, -0.2) is 14.6 Å². The fourth-order valence-corrected chi connectivity index (χ4v) is 2.98. The topological polar surface area (TPSA) is 100 Å². The van der Waals surface area contributed by atoms with Gasteiger partial charge >= 0.3 is 0 Å². The van der Waals surface area contributed by atoms with Crippen molar-refractivity contribution >= 4 is 16.9 Å². The number of benzene rings is 1. The minimum absolute atomic E-state index is 0.380. The van der Waals surface area contributed by atoms with Crippen LogP contribution in [0, 0.1) is 17.8 Å². The van der Waals surface area contributed by atoms with Gasteiger partial charge in [0.25, 0.3) is 0 Å². The number of nitrogens with one attached hydrogen (secondary N) is 1. The molecule has 4 rings (SSSR count). The average Bonchev–Trinajstić information content (AvgIpc) is 3.01. The first kappa shape index (κ1) is 17.1. The first-order valence-electron chi connectivity index (χ1n) is 8.60. The van der Waals surface area contributed by atoms with Crippen LogP contribution in [0.2, 0.25) is 0 Å². The molecule has 1 aromatic carbocycles. The number of hydrogen-bond acceptors (Lipinski definition) is 7. The molecule has 0 unspecified atom stereocenters. The Bertz CT molecular complexity index is 1020. The molecule has 0 saturated carbocycles. The van der Waals surface area contributed by atoms with Crippen molar-refractivity contribution < 1.29 is 9.47 Å². The van der Waals surface area contributed by atoms with E-state index in [0.717, 1.165) is 25.2 Å². The van der Waals surface area contributed by atoms with Gasteiger partial charge in [0.05, 0.1) is 19.6 Å². The second kappa shape index (κ2) is 7.13. The molecular weight excluding hydrogens is 344 g/mol. The van der Waals surface area contributed by atoms with Crippen LogP contribution in [-0.2, 0) is 6.54 Å². The lowest BCUT2D eigenvalue weighted by atomic mass is 10.0. The molecule has 1 fully saturated rings. The van der Waals surface area contributed by atoms with E-state index in [0.29, 0.717) is 40.0 Å². The summed E-state index contributed by atoms with van der Waals surface area (Å²) in [5.74, 6) is 8.49. The zero-order chi connectivity index (χ0) is 18.8. The minimum atomic E-state index is 0.380. The Hall–Kier alpha value is -3.31. The molecule has 0 radical (unpaired) electrons. The molecule has 1 saturated heterocycles. The normalized spacial score (nSPS) is 13.7. The van der Waals surface area contributed by atoms with Gasteiger partial charge in [0.1, 0.15) is 29.3 Å². The SMILES string of the molecule is COc1cc(C#Cc2nn(CC3CNC3)c3ncnc(N)c23)cc(OC)c1. The summed E-state index contributed by atoms with van der Waals surface area (Å²) in [6.07, 6.45) is 1.46. The summed E-state index contributed by atoms with van der Waals surface area (Å²) < 4.78 is 12.5. The summed E-state index contributed by atoms with van der Waals surface area (Å²) in [7, 11) is 3.21. The van der Waals surface area contributed by atoms with Gasteiger partial charge in [-0.2, -0.15) is 5.10 Å². The number of aromatic nitrogens is 4. The average molecular weight is 364 g/mol. The highest BCUT2D eigenvalue weighted by atomic mass is 16.5. The molecule has 3 heterocycles. The number of hydrogen-bond donors (Lipinski definition) is 2. The Morgan fingerprint density at radius 3 is 2.52 bits per heavy atom. The smallest absolute Gasteiger partial charge is 0.164 e. The molecule has 2 aromatic heterocycles. The van der Waals surface area contributed by atoms with Gasteiger partial charge in [0, 0.05) is 37.2 Å². The molecule has 8 nitrogen and oxygen atoms in total. The Balaban J connectivity index is 1.75. The van der Waals surface area contributed by atoms with Gasteiger partial charge in [-0.05, 0) is 18.1 Å². The number of anilines is 1. The molecule has 0 atom stereocenters. The van der Waals surface area contributed by atoms with Gasteiger partial charge in [0.2, 0.25) is 0 Å². The van der Waals surface area contributed by atoms with Gasteiger partial charge in [0.15, 0.2) is 5.65 Å². The van der Waals surface area contributed by atoms with Crippen molar-refractivity contribution in [3.8, 4) is 23.3 Å². The fraction of sp³-hybridized carbons (Fsp3) is 0.316. The molecule has 0 aliphatic carbocycles. The third-order valence-corrected chi connectivity index (χ3v) is 4.53. The number of methoxy groups -OCH3 is 2. The number of nitrogens with zero attached hydrogens (tertiary/aromatic N) is 4. The lowest BCUT2D eigenvalue weighted by Crippen LogP contribution is -2.44.